The predicted molar refractivity (Wildman–Crippen MR) is 78.7 cm³/mol. The van der Waals surface area contributed by atoms with Crippen LogP contribution in [0.2, 0.25) is 0 Å². The smallest absolute Gasteiger partial charge is 0.136 e. The van der Waals surface area contributed by atoms with Gasteiger partial charge in [-0.05, 0) is 38.5 Å². The van der Waals surface area contributed by atoms with Crippen molar-refractivity contribution in [2.75, 3.05) is 24.2 Å². The van der Waals surface area contributed by atoms with Crippen molar-refractivity contribution >= 4 is 11.6 Å². The summed E-state index contributed by atoms with van der Waals surface area (Å²) in [6, 6.07) is 0. The van der Waals surface area contributed by atoms with Gasteiger partial charge in [0.25, 0.3) is 0 Å². The highest BCUT2D eigenvalue weighted by Crippen LogP contribution is 2.39. The molecule has 2 fully saturated rings. The minimum atomic E-state index is 0.597. The monoisotopic (exact) mass is 260 g/mol. The van der Waals surface area contributed by atoms with Crippen LogP contribution in [0, 0.1) is 12.8 Å². The molecule has 4 nitrogen and oxygen atoms in total. The van der Waals surface area contributed by atoms with Gasteiger partial charge in [0.15, 0.2) is 0 Å². The Hall–Kier alpha value is -1.32. The second-order valence-corrected chi connectivity index (χ2v) is 5.94. The molecule has 0 amide bonds. The van der Waals surface area contributed by atoms with E-state index in [-0.39, 0.29) is 0 Å². The summed E-state index contributed by atoms with van der Waals surface area (Å²) in [5, 5.41) is 6.69. The molecule has 0 unspecified atom stereocenters. The molecule has 0 radical (unpaired) electrons. The molecule has 1 aromatic heterocycles. The third kappa shape index (κ3) is 3.17. The van der Waals surface area contributed by atoms with E-state index in [1.807, 2.05) is 7.05 Å². The van der Waals surface area contributed by atoms with Crippen LogP contribution in [0.25, 0.3) is 0 Å². The fourth-order valence-corrected chi connectivity index (χ4v) is 2.48. The van der Waals surface area contributed by atoms with Crippen LogP contribution in [0.4, 0.5) is 11.6 Å². The van der Waals surface area contributed by atoms with Crippen molar-refractivity contribution in [1.29, 1.82) is 0 Å². The van der Waals surface area contributed by atoms with Crippen LogP contribution in [0.3, 0.4) is 0 Å². The first-order valence-electron chi connectivity index (χ1n) is 7.58. The molecule has 0 saturated heterocycles. The van der Waals surface area contributed by atoms with Gasteiger partial charge in [-0.3, -0.25) is 0 Å². The molecule has 3 rings (SSSR count). The molecule has 2 saturated carbocycles. The van der Waals surface area contributed by atoms with Gasteiger partial charge in [0, 0.05) is 25.1 Å². The summed E-state index contributed by atoms with van der Waals surface area (Å²) in [4.78, 5) is 9.33. The van der Waals surface area contributed by atoms with Gasteiger partial charge in [0.1, 0.15) is 17.5 Å². The summed E-state index contributed by atoms with van der Waals surface area (Å²) in [5.41, 5.74) is 1.14. The van der Waals surface area contributed by atoms with Crippen molar-refractivity contribution < 1.29 is 0 Å². The van der Waals surface area contributed by atoms with E-state index in [1.165, 1.54) is 38.5 Å². The molecule has 1 heterocycles. The zero-order valence-corrected chi connectivity index (χ0v) is 12.0. The maximum Gasteiger partial charge on any atom is 0.136 e. The Balaban J connectivity index is 1.64. The molecule has 104 valence electrons. The van der Waals surface area contributed by atoms with Gasteiger partial charge >= 0.3 is 0 Å². The quantitative estimate of drug-likeness (QED) is 0.738. The molecule has 4 heteroatoms. The third-order valence-corrected chi connectivity index (χ3v) is 4.12. The first-order valence-corrected chi connectivity index (χ1v) is 7.58. The van der Waals surface area contributed by atoms with E-state index in [9.17, 15) is 0 Å². The average molecular weight is 260 g/mol. The Morgan fingerprint density at radius 1 is 1.11 bits per heavy atom. The van der Waals surface area contributed by atoms with Crippen LogP contribution in [-0.4, -0.2) is 23.6 Å². The first kappa shape index (κ1) is 12.7. The van der Waals surface area contributed by atoms with Gasteiger partial charge < -0.3 is 10.6 Å². The Labute approximate surface area is 115 Å². The van der Waals surface area contributed by atoms with Crippen LogP contribution in [-0.2, 0) is 0 Å². The molecule has 1 aromatic rings. The molecule has 0 bridgehead atoms. The second kappa shape index (κ2) is 5.35. The summed E-state index contributed by atoms with van der Waals surface area (Å²) in [6.07, 6.45) is 8.00. The van der Waals surface area contributed by atoms with Crippen LogP contribution in [0.5, 0.6) is 0 Å². The molecule has 0 spiro atoms. The minimum absolute atomic E-state index is 0.597. The van der Waals surface area contributed by atoms with Crippen molar-refractivity contribution in [2.45, 2.75) is 51.4 Å². The lowest BCUT2D eigenvalue weighted by atomic mass is 10.2. The standard InChI is InChI=1S/C15H24N4/c1-10-13(16-2)18-15(12-7-8-12)19-14(10)17-9-3-4-11-5-6-11/h11-12H,3-9H2,1-2H3,(H2,16,17,18,19). The van der Waals surface area contributed by atoms with Crippen molar-refractivity contribution in [1.82, 2.24) is 9.97 Å². The molecule has 2 aliphatic carbocycles. The van der Waals surface area contributed by atoms with Crippen LogP contribution in [0.1, 0.15) is 55.8 Å². The fraction of sp³-hybridized carbons (Fsp3) is 0.733. The number of aromatic nitrogens is 2. The summed E-state index contributed by atoms with van der Waals surface area (Å²) in [6.45, 7) is 3.12. The van der Waals surface area contributed by atoms with Gasteiger partial charge in [-0.2, -0.15) is 0 Å². The molecule has 19 heavy (non-hydrogen) atoms. The summed E-state index contributed by atoms with van der Waals surface area (Å²) < 4.78 is 0. The van der Waals surface area contributed by atoms with E-state index in [2.05, 4.69) is 22.5 Å². The lowest BCUT2D eigenvalue weighted by Gasteiger charge is -2.13. The summed E-state index contributed by atoms with van der Waals surface area (Å²) in [5.74, 6) is 4.63. The Bertz CT molecular complexity index is 450. The zero-order valence-electron chi connectivity index (χ0n) is 12.0. The topological polar surface area (TPSA) is 49.8 Å². The predicted octanol–water partition coefficient (Wildman–Crippen LogP) is 3.31. The number of nitrogens with one attached hydrogen (secondary N) is 2. The van der Waals surface area contributed by atoms with Crippen LogP contribution >= 0.6 is 0 Å². The van der Waals surface area contributed by atoms with Gasteiger partial charge in [-0.15, -0.1) is 0 Å². The number of hydrogen-bond acceptors (Lipinski definition) is 4. The van der Waals surface area contributed by atoms with E-state index in [0.717, 1.165) is 35.5 Å². The maximum atomic E-state index is 4.71. The highest BCUT2D eigenvalue weighted by molar-refractivity contribution is 5.57. The highest BCUT2D eigenvalue weighted by Gasteiger charge is 2.28. The van der Waals surface area contributed by atoms with Gasteiger partial charge in [-0.1, -0.05) is 12.8 Å². The first-order chi connectivity index (χ1) is 9.28. The van der Waals surface area contributed by atoms with Crippen molar-refractivity contribution in [3.8, 4) is 0 Å². The van der Waals surface area contributed by atoms with Crippen molar-refractivity contribution in [2.24, 2.45) is 5.92 Å². The van der Waals surface area contributed by atoms with E-state index in [0.29, 0.717) is 5.92 Å². The number of hydrogen-bond donors (Lipinski definition) is 2. The van der Waals surface area contributed by atoms with Crippen molar-refractivity contribution in [3.05, 3.63) is 11.4 Å². The molecule has 2 N–H and O–H groups in total. The van der Waals surface area contributed by atoms with Gasteiger partial charge in [0.05, 0.1) is 0 Å². The lowest BCUT2D eigenvalue weighted by molar-refractivity contribution is 0.686. The molecular formula is C15H24N4. The largest absolute Gasteiger partial charge is 0.373 e. The Morgan fingerprint density at radius 3 is 2.47 bits per heavy atom. The second-order valence-electron chi connectivity index (χ2n) is 5.94. The summed E-state index contributed by atoms with van der Waals surface area (Å²) in [7, 11) is 1.93. The van der Waals surface area contributed by atoms with Gasteiger partial charge in [0.2, 0.25) is 0 Å². The normalized spacial score (nSPS) is 18.4. The van der Waals surface area contributed by atoms with E-state index < -0.39 is 0 Å². The summed E-state index contributed by atoms with van der Waals surface area (Å²) >= 11 is 0. The van der Waals surface area contributed by atoms with Gasteiger partial charge in [-0.25, -0.2) is 9.97 Å². The minimum Gasteiger partial charge on any atom is -0.373 e. The van der Waals surface area contributed by atoms with Crippen molar-refractivity contribution in [3.63, 3.8) is 0 Å². The fourth-order valence-electron chi connectivity index (χ4n) is 2.48. The highest BCUT2D eigenvalue weighted by atomic mass is 15.1. The van der Waals surface area contributed by atoms with E-state index in [1.54, 1.807) is 0 Å². The van der Waals surface area contributed by atoms with E-state index >= 15 is 0 Å². The molecule has 0 aromatic carbocycles. The van der Waals surface area contributed by atoms with E-state index in [4.69, 9.17) is 4.98 Å². The Kier molecular flexibility index (Phi) is 3.58. The SMILES string of the molecule is CNc1nc(C2CC2)nc(NCCCC2CC2)c1C. The maximum absolute atomic E-state index is 4.71. The average Bonchev–Trinajstić information content (AvgIpc) is 3.28. The molecule has 2 aliphatic rings. The molecule has 0 aliphatic heterocycles. The Morgan fingerprint density at radius 2 is 1.84 bits per heavy atom. The molecular weight excluding hydrogens is 236 g/mol. The zero-order chi connectivity index (χ0) is 13.2. The van der Waals surface area contributed by atoms with Crippen LogP contribution < -0.4 is 10.6 Å². The van der Waals surface area contributed by atoms with Crippen LogP contribution in [0.15, 0.2) is 0 Å². The number of rotatable bonds is 7. The lowest BCUT2D eigenvalue weighted by Crippen LogP contribution is -2.10. The third-order valence-electron chi connectivity index (χ3n) is 4.12. The number of anilines is 2. The number of nitrogens with zero attached hydrogens (tertiary/aromatic N) is 2. The molecule has 0 atom stereocenters.